The van der Waals surface area contributed by atoms with E-state index in [9.17, 15) is 4.79 Å². The van der Waals surface area contributed by atoms with Gasteiger partial charge in [0.1, 0.15) is 0 Å². The number of para-hydroxylation sites is 1. The van der Waals surface area contributed by atoms with Crippen molar-refractivity contribution in [2.45, 2.75) is 31.5 Å². The topological polar surface area (TPSA) is 72.3 Å². The molecule has 1 aromatic heterocycles. The van der Waals surface area contributed by atoms with E-state index in [1.807, 2.05) is 55.7 Å². The number of hydrogen-bond donors (Lipinski definition) is 1. The molecule has 0 aliphatic carbocycles. The molecule has 0 saturated carbocycles. The molecule has 2 aromatic rings. The number of ether oxygens (including phenoxy) is 1. The quantitative estimate of drug-likeness (QED) is 0.807. The van der Waals surface area contributed by atoms with Crippen LogP contribution in [0.3, 0.4) is 0 Å². The molecule has 0 unspecified atom stereocenters. The van der Waals surface area contributed by atoms with Crippen molar-refractivity contribution < 1.29 is 9.53 Å². The lowest BCUT2D eigenvalue weighted by molar-refractivity contribution is -0.119. The highest BCUT2D eigenvalue weighted by atomic mass is 32.2. The fourth-order valence-corrected chi connectivity index (χ4v) is 3.46. The average Bonchev–Trinajstić information content (AvgIpc) is 3.04. The molecule has 1 aliphatic rings. The fourth-order valence-electron chi connectivity index (χ4n) is 2.71. The Kier molecular flexibility index (Phi) is 5.83. The number of anilines is 1. The summed E-state index contributed by atoms with van der Waals surface area (Å²) >= 11 is 1.39. The summed E-state index contributed by atoms with van der Waals surface area (Å²) in [6, 6.07) is 9.99. The third kappa shape index (κ3) is 4.76. The summed E-state index contributed by atoms with van der Waals surface area (Å²) in [6.07, 6.45) is 0. The smallest absolute Gasteiger partial charge is 0.232 e. The van der Waals surface area contributed by atoms with E-state index in [-0.39, 0.29) is 11.4 Å². The molecule has 0 spiro atoms. The van der Waals surface area contributed by atoms with E-state index in [0.29, 0.717) is 24.1 Å². The summed E-state index contributed by atoms with van der Waals surface area (Å²) in [5.41, 5.74) is 0.738. The van der Waals surface area contributed by atoms with E-state index >= 15 is 0 Å². The van der Waals surface area contributed by atoms with Crippen molar-refractivity contribution >= 4 is 23.6 Å². The van der Waals surface area contributed by atoms with Gasteiger partial charge in [0.05, 0.1) is 24.7 Å². The number of rotatable bonds is 5. The van der Waals surface area contributed by atoms with Gasteiger partial charge >= 0.3 is 0 Å². The number of hydrogen-bond acceptors (Lipinski definition) is 6. The maximum absolute atomic E-state index is 12.2. The number of thioether (sulfide) groups is 1. The van der Waals surface area contributed by atoms with Gasteiger partial charge in [0.2, 0.25) is 11.9 Å². The van der Waals surface area contributed by atoms with Crippen LogP contribution in [0.25, 0.3) is 5.69 Å². The summed E-state index contributed by atoms with van der Waals surface area (Å²) in [7, 11) is 0. The monoisotopic (exact) mass is 375 g/mol. The zero-order valence-electron chi connectivity index (χ0n) is 15.4. The highest BCUT2D eigenvalue weighted by Crippen LogP contribution is 2.27. The van der Waals surface area contributed by atoms with Gasteiger partial charge in [-0.2, -0.15) is 0 Å². The van der Waals surface area contributed by atoms with Crippen LogP contribution in [0.15, 0.2) is 35.5 Å². The molecule has 1 aromatic carbocycles. The van der Waals surface area contributed by atoms with Crippen molar-refractivity contribution in [2.75, 3.05) is 37.0 Å². The van der Waals surface area contributed by atoms with Gasteiger partial charge in [0, 0.05) is 18.6 Å². The maximum atomic E-state index is 12.2. The Labute approximate surface area is 158 Å². The second kappa shape index (κ2) is 8.09. The van der Waals surface area contributed by atoms with Crippen LogP contribution in [0, 0.1) is 0 Å². The molecule has 0 bridgehead atoms. The van der Waals surface area contributed by atoms with Crippen LogP contribution in [0.4, 0.5) is 5.95 Å². The van der Waals surface area contributed by atoms with Crippen LogP contribution in [0.1, 0.15) is 20.8 Å². The molecule has 7 nitrogen and oxygen atoms in total. The van der Waals surface area contributed by atoms with Gasteiger partial charge in [-0.15, -0.1) is 10.2 Å². The molecular formula is C18H25N5O2S. The van der Waals surface area contributed by atoms with Gasteiger partial charge in [0.25, 0.3) is 0 Å². The van der Waals surface area contributed by atoms with Gasteiger partial charge in [0.15, 0.2) is 5.16 Å². The van der Waals surface area contributed by atoms with E-state index < -0.39 is 0 Å². The zero-order chi connectivity index (χ0) is 18.6. The fraction of sp³-hybridized carbons (Fsp3) is 0.500. The zero-order valence-corrected chi connectivity index (χ0v) is 16.3. The number of carbonyl (C=O) groups excluding carboxylic acids is 1. The Balaban J connectivity index is 1.83. The van der Waals surface area contributed by atoms with Crippen LogP contribution in [-0.4, -0.2) is 58.3 Å². The summed E-state index contributed by atoms with van der Waals surface area (Å²) < 4.78 is 7.46. The summed E-state index contributed by atoms with van der Waals surface area (Å²) in [5.74, 6) is 1.07. The molecule has 8 heteroatoms. The highest BCUT2D eigenvalue weighted by molar-refractivity contribution is 7.99. The Hall–Kier alpha value is -2.06. The first-order valence-corrected chi connectivity index (χ1v) is 9.70. The molecule has 1 fully saturated rings. The number of nitrogens with zero attached hydrogens (tertiary/aromatic N) is 4. The van der Waals surface area contributed by atoms with Crippen molar-refractivity contribution in [3.63, 3.8) is 0 Å². The summed E-state index contributed by atoms with van der Waals surface area (Å²) in [4.78, 5) is 14.3. The molecule has 1 aliphatic heterocycles. The molecule has 1 N–H and O–H groups in total. The Bertz CT molecular complexity index is 736. The van der Waals surface area contributed by atoms with Gasteiger partial charge in [-0.05, 0) is 32.9 Å². The minimum atomic E-state index is -0.246. The predicted molar refractivity (Wildman–Crippen MR) is 103 cm³/mol. The number of morpholine rings is 1. The number of carbonyl (C=O) groups is 1. The molecule has 3 rings (SSSR count). The van der Waals surface area contributed by atoms with E-state index in [1.165, 1.54) is 11.8 Å². The molecule has 1 saturated heterocycles. The Morgan fingerprint density at radius 3 is 2.54 bits per heavy atom. The van der Waals surface area contributed by atoms with Crippen LogP contribution < -0.4 is 10.2 Å². The maximum Gasteiger partial charge on any atom is 0.232 e. The second-order valence-electron chi connectivity index (χ2n) is 7.14. The van der Waals surface area contributed by atoms with Gasteiger partial charge in [-0.25, -0.2) is 0 Å². The van der Waals surface area contributed by atoms with Gasteiger partial charge in [-0.3, -0.25) is 9.36 Å². The lowest BCUT2D eigenvalue weighted by Crippen LogP contribution is -2.41. The van der Waals surface area contributed by atoms with Crippen molar-refractivity contribution in [3.05, 3.63) is 30.3 Å². The lowest BCUT2D eigenvalue weighted by Gasteiger charge is -2.28. The number of aromatic nitrogens is 3. The van der Waals surface area contributed by atoms with Gasteiger partial charge in [-0.1, -0.05) is 30.0 Å². The standard InChI is InChI=1S/C18H25N5O2S/c1-18(2,3)19-15(24)13-26-17-21-20-16(22-9-11-25-12-10-22)23(17)14-7-5-4-6-8-14/h4-8H,9-13H2,1-3H3,(H,19,24). The van der Waals surface area contributed by atoms with Crippen molar-refractivity contribution in [1.29, 1.82) is 0 Å². The van der Waals surface area contributed by atoms with Crippen molar-refractivity contribution in [3.8, 4) is 5.69 Å². The molecule has 0 atom stereocenters. The van der Waals surface area contributed by atoms with Crippen LogP contribution in [0.2, 0.25) is 0 Å². The van der Waals surface area contributed by atoms with E-state index in [1.54, 1.807) is 0 Å². The van der Waals surface area contributed by atoms with E-state index in [4.69, 9.17) is 4.74 Å². The Morgan fingerprint density at radius 2 is 1.88 bits per heavy atom. The SMILES string of the molecule is CC(C)(C)NC(=O)CSc1nnc(N2CCOCC2)n1-c1ccccc1. The number of amides is 1. The van der Waals surface area contributed by atoms with E-state index in [2.05, 4.69) is 20.4 Å². The molecular weight excluding hydrogens is 350 g/mol. The first-order valence-electron chi connectivity index (χ1n) is 8.71. The summed E-state index contributed by atoms with van der Waals surface area (Å²) in [6.45, 7) is 8.83. The normalized spacial score (nSPS) is 15.1. The predicted octanol–water partition coefficient (Wildman–Crippen LogP) is 2.11. The minimum absolute atomic E-state index is 0.0157. The first-order chi connectivity index (χ1) is 12.4. The first kappa shape index (κ1) is 18.7. The van der Waals surface area contributed by atoms with Crippen LogP contribution in [0.5, 0.6) is 0 Å². The van der Waals surface area contributed by atoms with Crippen molar-refractivity contribution in [1.82, 2.24) is 20.1 Å². The summed E-state index contributed by atoms with van der Waals surface area (Å²) in [5, 5.41) is 12.4. The molecule has 140 valence electrons. The number of benzene rings is 1. The van der Waals surface area contributed by atoms with Crippen LogP contribution >= 0.6 is 11.8 Å². The largest absolute Gasteiger partial charge is 0.378 e. The number of nitrogens with one attached hydrogen (secondary N) is 1. The molecule has 2 heterocycles. The Morgan fingerprint density at radius 1 is 1.19 bits per heavy atom. The molecule has 26 heavy (non-hydrogen) atoms. The average molecular weight is 375 g/mol. The lowest BCUT2D eigenvalue weighted by atomic mass is 10.1. The third-order valence-electron chi connectivity index (χ3n) is 3.77. The van der Waals surface area contributed by atoms with Crippen LogP contribution in [-0.2, 0) is 9.53 Å². The van der Waals surface area contributed by atoms with Crippen molar-refractivity contribution in [2.24, 2.45) is 0 Å². The molecule has 1 amide bonds. The molecule has 0 radical (unpaired) electrons. The van der Waals surface area contributed by atoms with E-state index in [0.717, 1.165) is 24.7 Å². The second-order valence-corrected chi connectivity index (χ2v) is 8.08. The highest BCUT2D eigenvalue weighted by Gasteiger charge is 2.22. The minimum Gasteiger partial charge on any atom is -0.378 e. The third-order valence-corrected chi connectivity index (χ3v) is 4.70. The van der Waals surface area contributed by atoms with Gasteiger partial charge < -0.3 is 15.0 Å².